The van der Waals surface area contributed by atoms with Crippen LogP contribution in [-0.2, 0) is 9.47 Å². The van der Waals surface area contributed by atoms with E-state index in [2.05, 4.69) is 0 Å². The van der Waals surface area contributed by atoms with Gasteiger partial charge < -0.3 is 19.0 Å². The van der Waals surface area contributed by atoms with Gasteiger partial charge in [0.1, 0.15) is 6.10 Å². The monoisotopic (exact) mass is 184 g/mol. The molecule has 70 valence electrons. The van der Waals surface area contributed by atoms with Crippen LogP contribution in [0.25, 0.3) is 0 Å². The summed E-state index contributed by atoms with van der Waals surface area (Å²) in [7, 11) is 0. The maximum atomic E-state index is 11.1. The second-order valence-electron chi connectivity index (χ2n) is 2.61. The van der Waals surface area contributed by atoms with Crippen LogP contribution in [0.5, 0.6) is 0 Å². The predicted octanol–water partition coefficient (Wildman–Crippen LogP) is 0.154. The zero-order valence-electron chi connectivity index (χ0n) is 6.67. The first-order chi connectivity index (χ1) is 6.31. The third-order valence-corrected chi connectivity index (χ3v) is 1.66. The standard InChI is InChI=1S/C8H8O5/c9-4-6-8(12-6)13-7(10)5-2-1-3-11-5/h1-3,6,8-9H,4H2. The van der Waals surface area contributed by atoms with Crippen molar-refractivity contribution in [2.24, 2.45) is 0 Å². The van der Waals surface area contributed by atoms with Gasteiger partial charge in [0.15, 0.2) is 0 Å². The van der Waals surface area contributed by atoms with Crippen LogP contribution in [0.15, 0.2) is 22.8 Å². The zero-order chi connectivity index (χ0) is 9.26. The van der Waals surface area contributed by atoms with Gasteiger partial charge in [0.25, 0.3) is 0 Å². The molecule has 2 rings (SSSR count). The van der Waals surface area contributed by atoms with Crippen LogP contribution < -0.4 is 0 Å². The highest BCUT2D eigenvalue weighted by atomic mass is 16.8. The minimum absolute atomic E-state index is 0.132. The molecule has 1 aliphatic rings. The molecular formula is C8H8O5. The van der Waals surface area contributed by atoms with Gasteiger partial charge in [-0.15, -0.1) is 0 Å². The van der Waals surface area contributed by atoms with Gasteiger partial charge >= 0.3 is 5.97 Å². The first kappa shape index (κ1) is 8.28. The van der Waals surface area contributed by atoms with Gasteiger partial charge in [-0.25, -0.2) is 4.79 Å². The van der Waals surface area contributed by atoms with Gasteiger partial charge in [-0.2, -0.15) is 0 Å². The topological polar surface area (TPSA) is 72.2 Å². The summed E-state index contributed by atoms with van der Waals surface area (Å²) in [4.78, 5) is 11.1. The second kappa shape index (κ2) is 3.20. The van der Waals surface area contributed by atoms with Crippen molar-refractivity contribution in [2.75, 3.05) is 6.61 Å². The highest BCUT2D eigenvalue weighted by molar-refractivity contribution is 5.86. The van der Waals surface area contributed by atoms with E-state index in [-0.39, 0.29) is 18.5 Å². The van der Waals surface area contributed by atoms with Crippen molar-refractivity contribution < 1.29 is 23.8 Å². The molecule has 0 aromatic carbocycles. The van der Waals surface area contributed by atoms with E-state index >= 15 is 0 Å². The number of furan rings is 1. The average molecular weight is 184 g/mol. The fraction of sp³-hybridized carbons (Fsp3) is 0.375. The number of aliphatic hydroxyl groups is 1. The first-order valence-corrected chi connectivity index (χ1v) is 3.82. The van der Waals surface area contributed by atoms with Gasteiger partial charge in [-0.05, 0) is 12.1 Å². The minimum atomic E-state index is -0.623. The maximum absolute atomic E-state index is 11.1. The molecule has 13 heavy (non-hydrogen) atoms. The normalized spacial score (nSPS) is 25.6. The van der Waals surface area contributed by atoms with Gasteiger partial charge in [0.05, 0.1) is 12.9 Å². The van der Waals surface area contributed by atoms with E-state index in [0.717, 1.165) is 0 Å². The van der Waals surface area contributed by atoms with Crippen LogP contribution in [-0.4, -0.2) is 30.1 Å². The smallest absolute Gasteiger partial charge is 0.376 e. The number of epoxide rings is 1. The summed E-state index contributed by atoms with van der Waals surface area (Å²) < 4.78 is 14.4. The summed E-state index contributed by atoms with van der Waals surface area (Å²) in [5.74, 6) is -0.446. The Bertz CT molecular complexity index is 291. The minimum Gasteiger partial charge on any atom is -0.457 e. The lowest BCUT2D eigenvalue weighted by Gasteiger charge is -1.96. The fourth-order valence-electron chi connectivity index (χ4n) is 0.918. The number of hydrogen-bond donors (Lipinski definition) is 1. The lowest BCUT2D eigenvalue weighted by Crippen LogP contribution is -2.10. The molecule has 0 bridgehead atoms. The van der Waals surface area contributed by atoms with Crippen LogP contribution in [0.2, 0.25) is 0 Å². The van der Waals surface area contributed by atoms with Crippen molar-refractivity contribution in [1.82, 2.24) is 0 Å². The van der Waals surface area contributed by atoms with E-state index in [1.54, 1.807) is 6.07 Å². The van der Waals surface area contributed by atoms with Crippen LogP contribution >= 0.6 is 0 Å². The second-order valence-corrected chi connectivity index (χ2v) is 2.61. The van der Waals surface area contributed by atoms with Crippen LogP contribution in [0.1, 0.15) is 10.6 Å². The summed E-state index contributed by atoms with van der Waals surface area (Å²) >= 11 is 0. The summed E-state index contributed by atoms with van der Waals surface area (Å²) in [6, 6.07) is 3.09. The summed E-state index contributed by atoms with van der Waals surface area (Å²) in [5.41, 5.74) is 0. The molecule has 2 heterocycles. The Morgan fingerprint density at radius 1 is 1.69 bits per heavy atom. The third kappa shape index (κ3) is 1.71. The molecule has 1 fully saturated rings. The van der Waals surface area contributed by atoms with Crippen LogP contribution in [0.3, 0.4) is 0 Å². The van der Waals surface area contributed by atoms with Gasteiger partial charge in [0, 0.05) is 0 Å². The number of ether oxygens (including phenoxy) is 2. The number of hydrogen-bond acceptors (Lipinski definition) is 5. The molecule has 0 aliphatic carbocycles. The molecule has 2 atom stereocenters. The lowest BCUT2D eigenvalue weighted by molar-refractivity contribution is 0.0262. The van der Waals surface area contributed by atoms with E-state index in [1.807, 2.05) is 0 Å². The number of aliphatic hydroxyl groups excluding tert-OH is 1. The Labute approximate surface area is 73.9 Å². The molecule has 1 aromatic rings. The van der Waals surface area contributed by atoms with E-state index in [9.17, 15) is 4.79 Å². The van der Waals surface area contributed by atoms with E-state index in [4.69, 9.17) is 19.0 Å². The Balaban J connectivity index is 1.87. The van der Waals surface area contributed by atoms with Crippen molar-refractivity contribution in [2.45, 2.75) is 12.4 Å². The van der Waals surface area contributed by atoms with E-state index in [0.29, 0.717) is 0 Å². The summed E-state index contributed by atoms with van der Waals surface area (Å²) in [6.45, 7) is -0.143. The van der Waals surface area contributed by atoms with Crippen LogP contribution in [0.4, 0.5) is 0 Å². The van der Waals surface area contributed by atoms with Crippen molar-refractivity contribution >= 4 is 5.97 Å². The highest BCUT2D eigenvalue weighted by Crippen LogP contribution is 2.23. The molecule has 5 heteroatoms. The largest absolute Gasteiger partial charge is 0.457 e. The third-order valence-electron chi connectivity index (χ3n) is 1.66. The summed E-state index contributed by atoms with van der Waals surface area (Å²) in [6.07, 6.45) is 0.384. The molecule has 0 radical (unpaired) electrons. The molecule has 1 N–H and O–H groups in total. The fourth-order valence-corrected chi connectivity index (χ4v) is 0.918. The Kier molecular flexibility index (Phi) is 2.03. The SMILES string of the molecule is O=C(OC1OC1CO)c1ccco1. The Morgan fingerprint density at radius 2 is 2.54 bits per heavy atom. The zero-order valence-corrected chi connectivity index (χ0v) is 6.67. The highest BCUT2D eigenvalue weighted by Gasteiger charge is 2.42. The molecular weight excluding hydrogens is 176 g/mol. The molecule has 5 nitrogen and oxygen atoms in total. The lowest BCUT2D eigenvalue weighted by atomic mass is 10.4. The first-order valence-electron chi connectivity index (χ1n) is 3.82. The summed E-state index contributed by atoms with van der Waals surface area (Å²) in [5, 5.41) is 8.58. The molecule has 0 saturated carbocycles. The predicted molar refractivity (Wildman–Crippen MR) is 39.9 cm³/mol. The molecule has 1 aliphatic heterocycles. The van der Waals surface area contributed by atoms with Crippen molar-refractivity contribution in [3.63, 3.8) is 0 Å². The Morgan fingerprint density at radius 3 is 3.08 bits per heavy atom. The molecule has 0 amide bonds. The van der Waals surface area contributed by atoms with Crippen LogP contribution in [0, 0.1) is 0 Å². The van der Waals surface area contributed by atoms with Gasteiger partial charge in [-0.1, -0.05) is 0 Å². The molecule has 1 aromatic heterocycles. The number of carbonyl (C=O) groups excluding carboxylic acids is 1. The van der Waals surface area contributed by atoms with E-state index < -0.39 is 12.3 Å². The molecule has 1 saturated heterocycles. The van der Waals surface area contributed by atoms with Crippen molar-refractivity contribution in [3.05, 3.63) is 24.2 Å². The van der Waals surface area contributed by atoms with Crippen molar-refractivity contribution in [3.8, 4) is 0 Å². The average Bonchev–Trinajstić information content (AvgIpc) is 2.68. The molecule has 0 spiro atoms. The Hall–Kier alpha value is -1.33. The number of esters is 1. The van der Waals surface area contributed by atoms with E-state index in [1.165, 1.54) is 12.3 Å². The quantitative estimate of drug-likeness (QED) is 0.534. The van der Waals surface area contributed by atoms with Crippen molar-refractivity contribution in [1.29, 1.82) is 0 Å². The van der Waals surface area contributed by atoms with Gasteiger partial charge in [-0.3, -0.25) is 0 Å². The number of rotatable bonds is 3. The number of carbonyl (C=O) groups is 1. The van der Waals surface area contributed by atoms with Gasteiger partial charge in [0.2, 0.25) is 12.1 Å². The maximum Gasteiger partial charge on any atom is 0.376 e. The molecule has 2 unspecified atom stereocenters.